The molecule has 0 aliphatic rings. The normalized spacial score (nSPS) is 15.9. The van der Waals surface area contributed by atoms with Gasteiger partial charge in [-0.2, -0.15) is 0 Å². The van der Waals surface area contributed by atoms with Gasteiger partial charge in [0.2, 0.25) is 12.4 Å². The third kappa shape index (κ3) is 8.85. The topological polar surface area (TPSA) is 129 Å². The van der Waals surface area contributed by atoms with Gasteiger partial charge in [0.05, 0.1) is 3.92 Å². The predicted molar refractivity (Wildman–Crippen MR) is 117 cm³/mol. The lowest BCUT2D eigenvalue weighted by Crippen LogP contribution is -2.54. The average molecular weight is 654 g/mol. The summed E-state index contributed by atoms with van der Waals surface area (Å²) < 4.78 is 33.9. The van der Waals surface area contributed by atoms with E-state index < -0.39 is 52.3 Å². The fourth-order valence-electron chi connectivity index (χ4n) is 2.27. The van der Waals surface area contributed by atoms with Crippen molar-refractivity contribution in [1.29, 1.82) is 0 Å². The molecule has 0 aliphatic carbocycles. The third-order valence-electron chi connectivity index (χ3n) is 3.50. The van der Waals surface area contributed by atoms with Crippen LogP contribution in [0.4, 0.5) is 4.39 Å². The predicted octanol–water partition coefficient (Wildman–Crippen LogP) is 1.72. The number of halogens is 3. The lowest BCUT2D eigenvalue weighted by atomic mass is 10.0. The number of esters is 3. The van der Waals surface area contributed by atoms with E-state index in [1.807, 2.05) is 22.6 Å². The van der Waals surface area contributed by atoms with Gasteiger partial charge in [0.1, 0.15) is 12.7 Å². The number of ether oxygens (including phenoxy) is 4. The van der Waals surface area contributed by atoms with Crippen LogP contribution in [0, 0.1) is 9.39 Å². The molecule has 2 N–H and O–H groups in total. The van der Waals surface area contributed by atoms with Crippen LogP contribution >= 0.6 is 45.2 Å². The standard InChI is InChI=1S/C18H21FI2O9/c1-8(22)27-7-13(21)15(25)16(28-9(2)23)17(29-10(3)24)18(26)30-14-5-4-11(20)6-12(14)19/h4-6,13,15-18,25-26H,7H2,1-3H3/t13?,15-,16?,17?,18-/m1/s1. The Morgan fingerprint density at radius 2 is 1.60 bits per heavy atom. The molecule has 168 valence electrons. The summed E-state index contributed by atoms with van der Waals surface area (Å²) in [6.07, 6.45) is -6.86. The molecule has 0 heterocycles. The third-order valence-corrected chi connectivity index (χ3v) is 5.27. The fraction of sp³-hybridized carbons (Fsp3) is 0.500. The Hall–Kier alpha value is -1.26. The first kappa shape index (κ1) is 26.8. The number of aliphatic hydroxyl groups is 2. The first-order valence-corrected chi connectivity index (χ1v) is 10.8. The molecule has 1 rings (SSSR count). The van der Waals surface area contributed by atoms with Crippen LogP contribution in [0.5, 0.6) is 5.75 Å². The van der Waals surface area contributed by atoms with Gasteiger partial charge in [0.15, 0.2) is 17.7 Å². The molecule has 0 spiro atoms. The Bertz CT molecular complexity index is 761. The Kier molecular flexibility index (Phi) is 11.2. The van der Waals surface area contributed by atoms with Crippen molar-refractivity contribution in [1.82, 2.24) is 0 Å². The molecule has 3 unspecified atom stereocenters. The van der Waals surface area contributed by atoms with Gasteiger partial charge in [-0.3, -0.25) is 14.4 Å². The van der Waals surface area contributed by atoms with E-state index in [9.17, 15) is 29.0 Å². The van der Waals surface area contributed by atoms with Gasteiger partial charge < -0.3 is 29.2 Å². The molecule has 30 heavy (non-hydrogen) atoms. The highest BCUT2D eigenvalue weighted by atomic mass is 127. The van der Waals surface area contributed by atoms with Gasteiger partial charge in [-0.15, -0.1) is 0 Å². The van der Waals surface area contributed by atoms with E-state index in [1.165, 1.54) is 19.1 Å². The summed E-state index contributed by atoms with van der Waals surface area (Å²) in [5.41, 5.74) is 0. The molecule has 0 amide bonds. The van der Waals surface area contributed by atoms with Crippen molar-refractivity contribution in [3.05, 3.63) is 27.6 Å². The van der Waals surface area contributed by atoms with Crippen molar-refractivity contribution in [2.24, 2.45) is 0 Å². The van der Waals surface area contributed by atoms with Crippen LogP contribution in [-0.2, 0) is 28.6 Å². The van der Waals surface area contributed by atoms with Crippen LogP contribution in [-0.4, -0.2) is 63.3 Å². The van der Waals surface area contributed by atoms with E-state index in [4.69, 9.17) is 18.9 Å². The molecule has 12 heteroatoms. The van der Waals surface area contributed by atoms with Gasteiger partial charge in [-0.05, 0) is 40.8 Å². The fourth-order valence-corrected chi connectivity index (χ4v) is 3.31. The molecule has 0 radical (unpaired) electrons. The number of carbonyl (C=O) groups excluding carboxylic acids is 3. The quantitative estimate of drug-likeness (QED) is 0.128. The van der Waals surface area contributed by atoms with Crippen molar-refractivity contribution in [3.63, 3.8) is 0 Å². The largest absolute Gasteiger partial charge is 0.465 e. The molecule has 0 aliphatic heterocycles. The summed E-state index contributed by atoms with van der Waals surface area (Å²) in [6.45, 7) is 3.01. The Balaban J connectivity index is 3.16. The number of benzene rings is 1. The van der Waals surface area contributed by atoms with E-state index in [1.54, 1.807) is 22.6 Å². The molecule has 0 aromatic heterocycles. The van der Waals surface area contributed by atoms with Gasteiger partial charge in [0.25, 0.3) is 0 Å². The van der Waals surface area contributed by atoms with Crippen molar-refractivity contribution in [3.8, 4) is 5.75 Å². The number of hydrogen-bond acceptors (Lipinski definition) is 9. The van der Waals surface area contributed by atoms with Crippen LogP contribution in [0.1, 0.15) is 20.8 Å². The number of hydrogen-bond donors (Lipinski definition) is 2. The van der Waals surface area contributed by atoms with Crippen molar-refractivity contribution in [2.75, 3.05) is 6.61 Å². The highest BCUT2D eigenvalue weighted by Gasteiger charge is 2.43. The second kappa shape index (κ2) is 12.6. The van der Waals surface area contributed by atoms with Gasteiger partial charge in [-0.25, -0.2) is 4.39 Å². The molecule has 0 saturated heterocycles. The molecule has 1 aromatic carbocycles. The molecule has 5 atom stereocenters. The van der Waals surface area contributed by atoms with Crippen LogP contribution in [0.3, 0.4) is 0 Å². The molecule has 9 nitrogen and oxygen atoms in total. The van der Waals surface area contributed by atoms with Crippen LogP contribution < -0.4 is 4.74 Å². The first-order valence-electron chi connectivity index (χ1n) is 8.52. The van der Waals surface area contributed by atoms with Crippen LogP contribution in [0.25, 0.3) is 0 Å². The van der Waals surface area contributed by atoms with Gasteiger partial charge >= 0.3 is 17.9 Å². The summed E-state index contributed by atoms with van der Waals surface area (Å²) in [5.74, 6) is -3.45. The molecule has 0 saturated carbocycles. The van der Waals surface area contributed by atoms with Gasteiger partial charge in [0, 0.05) is 24.3 Å². The summed E-state index contributed by atoms with van der Waals surface area (Å²) in [6, 6.07) is 3.93. The second-order valence-electron chi connectivity index (χ2n) is 6.04. The maximum Gasteiger partial charge on any atom is 0.303 e. The highest BCUT2D eigenvalue weighted by Crippen LogP contribution is 2.25. The molecular formula is C18H21FI2O9. The van der Waals surface area contributed by atoms with E-state index in [2.05, 4.69) is 0 Å². The lowest BCUT2D eigenvalue weighted by Gasteiger charge is -2.34. The molecular weight excluding hydrogens is 633 g/mol. The zero-order chi connectivity index (χ0) is 23.0. The molecule has 0 bridgehead atoms. The van der Waals surface area contributed by atoms with E-state index >= 15 is 0 Å². The second-order valence-corrected chi connectivity index (χ2v) is 8.89. The van der Waals surface area contributed by atoms with Crippen molar-refractivity contribution >= 4 is 63.1 Å². The maximum absolute atomic E-state index is 14.1. The Morgan fingerprint density at radius 1 is 1.03 bits per heavy atom. The van der Waals surface area contributed by atoms with Crippen molar-refractivity contribution in [2.45, 2.75) is 49.3 Å². The summed E-state index contributed by atoms with van der Waals surface area (Å²) in [7, 11) is 0. The van der Waals surface area contributed by atoms with Gasteiger partial charge in [-0.1, -0.05) is 22.6 Å². The van der Waals surface area contributed by atoms with Crippen molar-refractivity contribution < 1.29 is 47.9 Å². The average Bonchev–Trinajstić information content (AvgIpc) is 2.63. The molecule has 0 fully saturated rings. The molecule has 1 aromatic rings. The number of rotatable bonds is 10. The maximum atomic E-state index is 14.1. The minimum absolute atomic E-state index is 0.246. The smallest absolute Gasteiger partial charge is 0.303 e. The zero-order valence-electron chi connectivity index (χ0n) is 16.2. The minimum Gasteiger partial charge on any atom is -0.465 e. The van der Waals surface area contributed by atoms with Crippen LogP contribution in [0.15, 0.2) is 18.2 Å². The minimum atomic E-state index is -2.00. The zero-order valence-corrected chi connectivity index (χ0v) is 20.5. The summed E-state index contributed by atoms with van der Waals surface area (Å²) in [5, 5.41) is 21.1. The number of aliphatic hydroxyl groups excluding tert-OH is 2. The highest BCUT2D eigenvalue weighted by molar-refractivity contribution is 14.1. The summed E-state index contributed by atoms with van der Waals surface area (Å²) >= 11 is 3.63. The Labute approximate surface area is 199 Å². The SMILES string of the molecule is CC(=O)OCC(I)[C@@H](O)C(OC(C)=O)C(OC(C)=O)[C@H](O)Oc1ccc(I)cc1F. The number of carbonyl (C=O) groups is 3. The van der Waals surface area contributed by atoms with Crippen LogP contribution in [0.2, 0.25) is 0 Å². The van der Waals surface area contributed by atoms with E-state index in [0.29, 0.717) is 3.57 Å². The summed E-state index contributed by atoms with van der Waals surface area (Å²) in [4.78, 5) is 34.1. The first-order chi connectivity index (χ1) is 13.9. The lowest BCUT2D eigenvalue weighted by molar-refractivity contribution is -0.207. The number of alkyl halides is 1. The van der Waals surface area contributed by atoms with E-state index in [-0.39, 0.29) is 12.4 Å². The Morgan fingerprint density at radius 3 is 2.10 bits per heavy atom. The monoisotopic (exact) mass is 654 g/mol. The van der Waals surface area contributed by atoms with E-state index in [0.717, 1.165) is 19.9 Å².